The van der Waals surface area contributed by atoms with Gasteiger partial charge in [-0.05, 0) is 0 Å². The zero-order chi connectivity index (χ0) is 9.11. The molecule has 70 valence electrons. The second-order valence-electron chi connectivity index (χ2n) is 2.49. The van der Waals surface area contributed by atoms with Gasteiger partial charge < -0.3 is 5.21 Å². The Kier molecular flexibility index (Phi) is 15.4. The molecule has 1 N–H and O–H groups in total. The molecule has 0 atom stereocenters. The molecule has 0 heterocycles. The molecule has 0 saturated carbocycles. The van der Waals surface area contributed by atoms with Gasteiger partial charge in [0.1, 0.15) is 0 Å². The van der Waals surface area contributed by atoms with Crippen LogP contribution in [0.5, 0.6) is 0 Å². The molecular weight excluding hydrogens is 138 g/mol. The summed E-state index contributed by atoms with van der Waals surface area (Å²) in [6.07, 6.45) is 4.08. The molecule has 0 bridgehead atoms. The molecule has 0 aliphatic rings. The minimum atomic E-state index is 0.719. The van der Waals surface area contributed by atoms with Crippen LogP contribution in [-0.2, 0) is 0 Å². The van der Waals surface area contributed by atoms with Gasteiger partial charge >= 0.3 is 0 Å². The molecule has 2 nitrogen and oxygen atoms in total. The van der Waals surface area contributed by atoms with Crippen molar-refractivity contribution in [2.24, 2.45) is 0 Å². The van der Waals surface area contributed by atoms with E-state index in [1.165, 1.54) is 24.3 Å². The Morgan fingerprint density at radius 2 is 1.27 bits per heavy atom. The predicted octanol–water partition coefficient (Wildman–Crippen LogP) is 2.91. The van der Waals surface area contributed by atoms with Gasteiger partial charge in [0, 0.05) is 13.1 Å². The quantitative estimate of drug-likeness (QED) is 0.641. The van der Waals surface area contributed by atoms with Gasteiger partial charge in [-0.25, -0.2) is 0 Å². The topological polar surface area (TPSA) is 23.5 Å². The van der Waals surface area contributed by atoms with Gasteiger partial charge in [0.05, 0.1) is 0 Å². The molecule has 0 fully saturated rings. The lowest BCUT2D eigenvalue weighted by Gasteiger charge is -2.05. The van der Waals surface area contributed by atoms with Gasteiger partial charge in [0.25, 0.3) is 0 Å². The summed E-state index contributed by atoms with van der Waals surface area (Å²) in [5.74, 6) is 0. The third-order valence-corrected chi connectivity index (χ3v) is 1.44. The van der Waals surface area contributed by atoms with Gasteiger partial charge in [0.2, 0.25) is 0 Å². The van der Waals surface area contributed by atoms with Crippen LogP contribution in [0.2, 0.25) is 0 Å². The van der Waals surface area contributed by atoms with E-state index in [2.05, 4.69) is 13.8 Å². The SMILES string of the molecule is CCCCC.CCN(O)CC. The van der Waals surface area contributed by atoms with Crippen LogP contribution in [0.25, 0.3) is 0 Å². The van der Waals surface area contributed by atoms with Crippen molar-refractivity contribution in [2.75, 3.05) is 13.1 Å². The fourth-order valence-corrected chi connectivity index (χ4v) is 0.577. The maximum atomic E-state index is 8.50. The Morgan fingerprint density at radius 3 is 1.27 bits per heavy atom. The molecule has 0 unspecified atom stereocenters. The fourth-order valence-electron chi connectivity index (χ4n) is 0.577. The highest BCUT2D eigenvalue weighted by molar-refractivity contribution is 4.26. The van der Waals surface area contributed by atoms with Gasteiger partial charge in [-0.2, -0.15) is 5.06 Å². The van der Waals surface area contributed by atoms with E-state index in [9.17, 15) is 0 Å². The van der Waals surface area contributed by atoms with Crippen LogP contribution in [-0.4, -0.2) is 23.4 Å². The largest absolute Gasteiger partial charge is 0.314 e. The molecule has 0 rings (SSSR count). The minimum absolute atomic E-state index is 0.719. The van der Waals surface area contributed by atoms with Crippen LogP contribution >= 0.6 is 0 Å². The normalized spacial score (nSPS) is 9.27. The summed E-state index contributed by atoms with van der Waals surface area (Å²) in [4.78, 5) is 0. The molecule has 0 saturated heterocycles. The molecule has 0 amide bonds. The summed E-state index contributed by atoms with van der Waals surface area (Å²) in [6.45, 7) is 9.67. The van der Waals surface area contributed by atoms with E-state index in [1.807, 2.05) is 13.8 Å². The maximum absolute atomic E-state index is 8.50. The van der Waals surface area contributed by atoms with Gasteiger partial charge in [-0.1, -0.05) is 47.0 Å². The molecule has 0 spiro atoms. The third-order valence-electron chi connectivity index (χ3n) is 1.44. The second-order valence-corrected chi connectivity index (χ2v) is 2.49. The van der Waals surface area contributed by atoms with Crippen molar-refractivity contribution in [1.82, 2.24) is 5.06 Å². The zero-order valence-corrected chi connectivity index (χ0v) is 8.43. The van der Waals surface area contributed by atoms with Crippen molar-refractivity contribution >= 4 is 0 Å². The van der Waals surface area contributed by atoms with E-state index in [0.29, 0.717) is 0 Å². The fraction of sp³-hybridized carbons (Fsp3) is 1.00. The van der Waals surface area contributed by atoms with Crippen LogP contribution in [0.1, 0.15) is 47.0 Å². The summed E-state index contributed by atoms with van der Waals surface area (Å²) >= 11 is 0. The lowest BCUT2D eigenvalue weighted by Crippen LogP contribution is -2.16. The van der Waals surface area contributed by atoms with Gasteiger partial charge in [-0.3, -0.25) is 0 Å². The Balaban J connectivity index is 0. The van der Waals surface area contributed by atoms with E-state index >= 15 is 0 Å². The summed E-state index contributed by atoms with van der Waals surface area (Å²) < 4.78 is 0. The average Bonchev–Trinajstić information content (AvgIpc) is 2.06. The zero-order valence-electron chi connectivity index (χ0n) is 8.43. The smallest absolute Gasteiger partial charge is 0.0209 e. The Labute approximate surface area is 71.2 Å². The standard InChI is InChI=1S/C5H12.C4H11NO/c1-3-5-4-2;1-3-5(6)4-2/h3-5H2,1-2H3;6H,3-4H2,1-2H3. The number of unbranched alkanes of at least 4 members (excludes halogenated alkanes) is 2. The van der Waals surface area contributed by atoms with Crippen molar-refractivity contribution in [3.63, 3.8) is 0 Å². The monoisotopic (exact) mass is 161 g/mol. The molecule has 0 aromatic heterocycles. The highest BCUT2D eigenvalue weighted by Crippen LogP contribution is 1.88. The van der Waals surface area contributed by atoms with Gasteiger partial charge in [0.15, 0.2) is 0 Å². The van der Waals surface area contributed by atoms with Crippen LogP contribution in [0, 0.1) is 0 Å². The summed E-state index contributed by atoms with van der Waals surface area (Å²) in [5.41, 5.74) is 0. The lowest BCUT2D eigenvalue weighted by molar-refractivity contribution is -0.0813. The van der Waals surface area contributed by atoms with Crippen LogP contribution in [0.3, 0.4) is 0 Å². The number of hydrogen-bond acceptors (Lipinski definition) is 2. The number of hydroxylamine groups is 2. The third kappa shape index (κ3) is 17.8. The first-order chi connectivity index (χ1) is 5.22. The summed E-state index contributed by atoms with van der Waals surface area (Å²) in [5, 5.41) is 9.75. The molecule has 2 heteroatoms. The van der Waals surface area contributed by atoms with E-state index in [4.69, 9.17) is 5.21 Å². The van der Waals surface area contributed by atoms with Crippen molar-refractivity contribution in [2.45, 2.75) is 47.0 Å². The Hall–Kier alpha value is -0.0800. The summed E-state index contributed by atoms with van der Waals surface area (Å²) in [6, 6.07) is 0. The minimum Gasteiger partial charge on any atom is -0.314 e. The van der Waals surface area contributed by atoms with E-state index in [1.54, 1.807) is 0 Å². The van der Waals surface area contributed by atoms with Crippen LogP contribution in [0.4, 0.5) is 0 Å². The van der Waals surface area contributed by atoms with Crippen molar-refractivity contribution in [3.05, 3.63) is 0 Å². The van der Waals surface area contributed by atoms with Crippen molar-refractivity contribution < 1.29 is 5.21 Å². The molecule has 11 heavy (non-hydrogen) atoms. The van der Waals surface area contributed by atoms with E-state index in [0.717, 1.165) is 13.1 Å². The molecule has 0 aliphatic carbocycles. The second kappa shape index (κ2) is 12.6. The average molecular weight is 161 g/mol. The Morgan fingerprint density at radius 1 is 0.909 bits per heavy atom. The number of nitrogens with zero attached hydrogens (tertiary/aromatic N) is 1. The first kappa shape index (κ1) is 13.5. The highest BCUT2D eigenvalue weighted by atomic mass is 16.5. The first-order valence-electron chi connectivity index (χ1n) is 4.66. The highest BCUT2D eigenvalue weighted by Gasteiger charge is 1.84. The predicted molar refractivity (Wildman–Crippen MR) is 49.9 cm³/mol. The van der Waals surface area contributed by atoms with Gasteiger partial charge in [-0.15, -0.1) is 0 Å². The molecule has 0 aromatic rings. The first-order valence-corrected chi connectivity index (χ1v) is 4.66. The van der Waals surface area contributed by atoms with Crippen molar-refractivity contribution in [3.8, 4) is 0 Å². The summed E-state index contributed by atoms with van der Waals surface area (Å²) in [7, 11) is 0. The van der Waals surface area contributed by atoms with E-state index < -0.39 is 0 Å². The Bertz CT molecular complexity index is 51.5. The van der Waals surface area contributed by atoms with Crippen LogP contribution < -0.4 is 0 Å². The van der Waals surface area contributed by atoms with Crippen LogP contribution in [0.15, 0.2) is 0 Å². The number of hydrogen-bond donors (Lipinski definition) is 1. The molecule has 0 aliphatic heterocycles. The number of rotatable bonds is 4. The maximum Gasteiger partial charge on any atom is 0.0209 e. The lowest BCUT2D eigenvalue weighted by atomic mass is 10.3. The molecular formula is C9H23NO. The van der Waals surface area contributed by atoms with Crippen molar-refractivity contribution in [1.29, 1.82) is 0 Å². The van der Waals surface area contributed by atoms with E-state index in [-0.39, 0.29) is 0 Å². The molecule has 0 aromatic carbocycles. The molecule has 0 radical (unpaired) electrons.